The first-order valence-corrected chi connectivity index (χ1v) is 7.85. The number of nitrogens with one attached hydrogen (secondary N) is 1. The zero-order valence-electron chi connectivity index (χ0n) is 12.2. The van der Waals surface area contributed by atoms with Crippen LogP contribution in [0.25, 0.3) is 0 Å². The lowest BCUT2D eigenvalue weighted by molar-refractivity contribution is -0.123. The van der Waals surface area contributed by atoms with Gasteiger partial charge in [-0.2, -0.15) is 0 Å². The van der Waals surface area contributed by atoms with E-state index < -0.39 is 5.41 Å². The lowest BCUT2D eigenvalue weighted by Crippen LogP contribution is -2.37. The van der Waals surface area contributed by atoms with Crippen LogP contribution in [0.4, 0.5) is 5.82 Å². The molecule has 0 radical (unpaired) electrons. The van der Waals surface area contributed by atoms with Crippen LogP contribution in [0.15, 0.2) is 24.4 Å². The van der Waals surface area contributed by atoms with E-state index in [1.54, 1.807) is 6.07 Å². The highest BCUT2D eigenvalue weighted by atomic mass is 35.5. The molecule has 5 heteroatoms. The Morgan fingerprint density at radius 1 is 1.48 bits per heavy atom. The van der Waals surface area contributed by atoms with Crippen LogP contribution in [0.1, 0.15) is 33.1 Å². The minimum atomic E-state index is -0.473. The second kappa shape index (κ2) is 4.72. The minimum Gasteiger partial charge on any atom is -0.309 e. The molecule has 2 bridgehead atoms. The van der Waals surface area contributed by atoms with Gasteiger partial charge in [-0.15, -0.1) is 0 Å². The molecule has 1 N–H and O–H groups in total. The summed E-state index contributed by atoms with van der Waals surface area (Å²) in [5, 5.41) is 3.66. The van der Waals surface area contributed by atoms with Crippen molar-refractivity contribution in [3.05, 3.63) is 34.5 Å². The van der Waals surface area contributed by atoms with Crippen molar-refractivity contribution < 1.29 is 4.79 Å². The van der Waals surface area contributed by atoms with Crippen molar-refractivity contribution in [1.29, 1.82) is 0 Å². The summed E-state index contributed by atoms with van der Waals surface area (Å²) in [5.41, 5.74) is 0.583. The number of rotatable bonds is 2. The summed E-state index contributed by atoms with van der Waals surface area (Å²) in [6.45, 7) is 8.59. The summed E-state index contributed by atoms with van der Waals surface area (Å²) in [5.74, 6) is 0.850. The summed E-state index contributed by atoms with van der Waals surface area (Å²) < 4.78 is 0. The number of hydrogen-bond donors (Lipinski definition) is 1. The van der Waals surface area contributed by atoms with E-state index in [1.165, 1.54) is 6.20 Å². The molecule has 21 heavy (non-hydrogen) atoms. The first kappa shape index (κ1) is 14.9. The monoisotopic (exact) mass is 324 g/mol. The van der Waals surface area contributed by atoms with E-state index in [0.29, 0.717) is 21.8 Å². The van der Waals surface area contributed by atoms with Crippen LogP contribution < -0.4 is 5.32 Å². The molecule has 0 spiro atoms. The lowest BCUT2D eigenvalue weighted by Gasteiger charge is -2.37. The van der Waals surface area contributed by atoms with Crippen molar-refractivity contribution in [2.75, 3.05) is 5.32 Å². The SMILES string of the molecule is C=C1C(C)(C)[C@@H]2CC[C@]1(C(=O)Nc1ncc(Cl)cc1Cl)C2. The van der Waals surface area contributed by atoms with Gasteiger partial charge in [0.15, 0.2) is 5.82 Å². The van der Waals surface area contributed by atoms with Gasteiger partial charge in [-0.3, -0.25) is 4.79 Å². The zero-order chi connectivity index (χ0) is 15.4. The third-order valence-corrected chi connectivity index (χ3v) is 5.86. The Bertz CT molecular complexity index is 641. The highest BCUT2D eigenvalue weighted by Gasteiger charge is 2.60. The van der Waals surface area contributed by atoms with Crippen molar-refractivity contribution >= 4 is 34.9 Å². The maximum Gasteiger partial charge on any atom is 0.235 e. The quantitative estimate of drug-likeness (QED) is 0.800. The molecule has 1 aromatic rings. The molecule has 1 amide bonds. The Hall–Kier alpha value is -1.06. The Kier molecular flexibility index (Phi) is 3.34. The van der Waals surface area contributed by atoms with Gasteiger partial charge in [0.1, 0.15) is 0 Å². The predicted molar refractivity (Wildman–Crippen MR) is 85.6 cm³/mol. The number of halogens is 2. The van der Waals surface area contributed by atoms with Crippen LogP contribution in [0.2, 0.25) is 10.0 Å². The van der Waals surface area contributed by atoms with Crippen LogP contribution in [0, 0.1) is 16.7 Å². The van der Waals surface area contributed by atoms with Crippen molar-refractivity contribution in [3.8, 4) is 0 Å². The number of aromatic nitrogens is 1. The van der Waals surface area contributed by atoms with Gasteiger partial charge in [-0.1, -0.05) is 49.2 Å². The highest BCUT2D eigenvalue weighted by molar-refractivity contribution is 6.36. The first-order valence-electron chi connectivity index (χ1n) is 7.10. The number of carbonyl (C=O) groups is 1. The van der Waals surface area contributed by atoms with E-state index in [1.807, 2.05) is 0 Å². The average molecular weight is 325 g/mol. The van der Waals surface area contributed by atoms with Gasteiger partial charge >= 0.3 is 0 Å². The van der Waals surface area contributed by atoms with Gasteiger partial charge in [0, 0.05) is 6.20 Å². The number of carbonyl (C=O) groups excluding carboxylic acids is 1. The smallest absolute Gasteiger partial charge is 0.235 e. The number of anilines is 1. The second-order valence-corrected chi connectivity index (χ2v) is 7.50. The second-order valence-electron chi connectivity index (χ2n) is 6.66. The first-order chi connectivity index (χ1) is 9.77. The standard InChI is InChI=1S/C16H18Cl2N2O/c1-9-15(2,3)10-4-5-16(9,7-10)14(21)20-13-12(18)6-11(17)8-19-13/h6,8,10H,1,4-5,7H2,2-3H3,(H,19,20,21)/t10-,16+/m1/s1. The van der Waals surface area contributed by atoms with Crippen molar-refractivity contribution in [2.45, 2.75) is 33.1 Å². The molecule has 2 saturated carbocycles. The third-order valence-electron chi connectivity index (χ3n) is 5.36. The molecule has 112 valence electrons. The molecule has 0 unspecified atom stereocenters. The maximum absolute atomic E-state index is 12.8. The van der Waals surface area contributed by atoms with E-state index in [2.05, 4.69) is 30.7 Å². The van der Waals surface area contributed by atoms with Gasteiger partial charge in [0.25, 0.3) is 0 Å². The summed E-state index contributed by atoms with van der Waals surface area (Å²) in [4.78, 5) is 16.9. The van der Waals surface area contributed by atoms with Crippen LogP contribution >= 0.6 is 23.2 Å². The number of hydrogen-bond acceptors (Lipinski definition) is 2. The molecule has 3 nitrogen and oxygen atoms in total. The summed E-state index contributed by atoms with van der Waals surface area (Å²) >= 11 is 11.9. The van der Waals surface area contributed by atoms with Crippen LogP contribution in [0.3, 0.4) is 0 Å². The molecule has 1 aromatic heterocycles. The zero-order valence-corrected chi connectivity index (χ0v) is 13.7. The van der Waals surface area contributed by atoms with Crippen molar-refractivity contribution in [1.82, 2.24) is 4.98 Å². The lowest BCUT2D eigenvalue weighted by atomic mass is 9.68. The van der Waals surface area contributed by atoms with Crippen molar-refractivity contribution in [2.24, 2.45) is 16.7 Å². The van der Waals surface area contributed by atoms with E-state index >= 15 is 0 Å². The Morgan fingerprint density at radius 3 is 2.76 bits per heavy atom. The number of pyridine rings is 1. The van der Waals surface area contributed by atoms with E-state index in [0.717, 1.165) is 24.8 Å². The summed E-state index contributed by atoms with van der Waals surface area (Å²) in [7, 11) is 0. The van der Waals surface area contributed by atoms with E-state index in [9.17, 15) is 4.79 Å². The highest BCUT2D eigenvalue weighted by Crippen LogP contribution is 2.65. The Morgan fingerprint density at radius 2 is 2.19 bits per heavy atom. The maximum atomic E-state index is 12.8. The fraction of sp³-hybridized carbons (Fsp3) is 0.500. The molecule has 2 fully saturated rings. The summed E-state index contributed by atoms with van der Waals surface area (Å²) in [6.07, 6.45) is 4.28. The average Bonchev–Trinajstić information content (AvgIpc) is 2.93. The molecule has 2 aliphatic rings. The van der Waals surface area contributed by atoms with E-state index in [4.69, 9.17) is 23.2 Å². The molecule has 0 aromatic carbocycles. The van der Waals surface area contributed by atoms with Crippen LogP contribution in [-0.2, 0) is 4.79 Å². The molecule has 1 heterocycles. The minimum absolute atomic E-state index is 0.0206. The summed E-state index contributed by atoms with van der Waals surface area (Å²) in [6, 6.07) is 1.58. The molecule has 3 rings (SSSR count). The molecule has 2 atom stereocenters. The molecule has 0 aliphatic heterocycles. The largest absolute Gasteiger partial charge is 0.309 e. The van der Waals surface area contributed by atoms with Gasteiger partial charge in [-0.25, -0.2) is 4.98 Å². The van der Waals surface area contributed by atoms with Gasteiger partial charge in [-0.05, 0) is 36.7 Å². The Balaban J connectivity index is 1.88. The molecule has 0 saturated heterocycles. The molecular formula is C16H18Cl2N2O. The Labute approximate surface area is 134 Å². The fourth-order valence-corrected chi connectivity index (χ4v) is 4.30. The van der Waals surface area contributed by atoms with E-state index in [-0.39, 0.29) is 11.3 Å². The molecule has 2 aliphatic carbocycles. The van der Waals surface area contributed by atoms with Gasteiger partial charge in [0.05, 0.1) is 15.5 Å². The van der Waals surface area contributed by atoms with Crippen LogP contribution in [0.5, 0.6) is 0 Å². The van der Waals surface area contributed by atoms with Gasteiger partial charge in [0.2, 0.25) is 5.91 Å². The van der Waals surface area contributed by atoms with Gasteiger partial charge < -0.3 is 5.32 Å². The van der Waals surface area contributed by atoms with Crippen LogP contribution in [-0.4, -0.2) is 10.9 Å². The predicted octanol–water partition coefficient (Wildman–Crippen LogP) is 4.71. The number of nitrogens with zero attached hydrogens (tertiary/aromatic N) is 1. The fourth-order valence-electron chi connectivity index (χ4n) is 3.88. The van der Waals surface area contributed by atoms with Crippen molar-refractivity contribution in [3.63, 3.8) is 0 Å². The number of fused-ring (bicyclic) bond motifs is 2. The number of amides is 1. The third kappa shape index (κ3) is 2.09. The molecular weight excluding hydrogens is 307 g/mol. The topological polar surface area (TPSA) is 42.0 Å². The normalized spacial score (nSPS) is 29.7.